The van der Waals surface area contributed by atoms with Gasteiger partial charge in [0, 0.05) is 0 Å². The van der Waals surface area contributed by atoms with Crippen LogP contribution < -0.4 is 5.14 Å². The van der Waals surface area contributed by atoms with Gasteiger partial charge in [0.25, 0.3) is 10.0 Å². The van der Waals surface area contributed by atoms with Gasteiger partial charge in [-0.25, -0.2) is 18.4 Å². The van der Waals surface area contributed by atoms with E-state index in [9.17, 15) is 22.0 Å². The number of halogens is 2. The lowest BCUT2D eigenvalue weighted by Crippen LogP contribution is -2.45. The number of nitrogens with two attached hydrogens (primary N) is 1. The van der Waals surface area contributed by atoms with Crippen molar-refractivity contribution in [3.63, 3.8) is 0 Å². The lowest BCUT2D eigenvalue weighted by molar-refractivity contribution is -0.172. The summed E-state index contributed by atoms with van der Waals surface area (Å²) in [4.78, 5) is 10.7. The van der Waals surface area contributed by atoms with Crippen LogP contribution in [0.3, 0.4) is 0 Å². The predicted molar refractivity (Wildman–Crippen MR) is 43.9 cm³/mol. The maximum atomic E-state index is 12.7. The summed E-state index contributed by atoms with van der Waals surface area (Å²) in [6, 6.07) is 0. The van der Waals surface area contributed by atoms with Crippen LogP contribution in [0.4, 0.5) is 8.78 Å². The first-order valence-corrected chi connectivity index (χ1v) is 5.06. The van der Waals surface area contributed by atoms with Crippen LogP contribution in [0.1, 0.15) is 20.8 Å². The third kappa shape index (κ3) is 3.18. The van der Waals surface area contributed by atoms with Gasteiger partial charge in [-0.1, -0.05) is 0 Å². The van der Waals surface area contributed by atoms with Gasteiger partial charge in [0.15, 0.2) is 0 Å². The molecule has 0 saturated heterocycles. The molecular formula is C6H11F2NO4S. The van der Waals surface area contributed by atoms with E-state index in [0.717, 1.165) is 0 Å². The van der Waals surface area contributed by atoms with Crippen molar-refractivity contribution in [2.24, 2.45) is 5.14 Å². The summed E-state index contributed by atoms with van der Waals surface area (Å²) in [7, 11) is -5.28. The Labute approximate surface area is 80.3 Å². The largest absolute Gasteiger partial charge is 0.455 e. The predicted octanol–water partition coefficient (Wildman–Crippen LogP) is 0.209. The van der Waals surface area contributed by atoms with E-state index in [1.165, 1.54) is 20.8 Å². The molecule has 0 amide bonds. The Morgan fingerprint density at radius 3 is 1.86 bits per heavy atom. The molecule has 0 aromatic heterocycles. The van der Waals surface area contributed by atoms with E-state index in [1.54, 1.807) is 0 Å². The van der Waals surface area contributed by atoms with E-state index >= 15 is 0 Å². The zero-order valence-electron chi connectivity index (χ0n) is 7.87. The maximum absolute atomic E-state index is 12.7. The Morgan fingerprint density at radius 1 is 1.29 bits per heavy atom. The molecule has 0 heterocycles. The number of primary sulfonamides is 1. The summed E-state index contributed by atoms with van der Waals surface area (Å²) < 4.78 is 50.1. The monoisotopic (exact) mass is 231 g/mol. The van der Waals surface area contributed by atoms with Crippen LogP contribution >= 0.6 is 0 Å². The van der Waals surface area contributed by atoms with Crippen molar-refractivity contribution >= 4 is 16.0 Å². The number of sulfonamides is 1. The molecule has 0 rings (SSSR count). The average Bonchev–Trinajstić information content (AvgIpc) is 1.80. The van der Waals surface area contributed by atoms with Gasteiger partial charge < -0.3 is 4.74 Å². The third-order valence-corrected chi connectivity index (χ3v) is 1.88. The highest BCUT2D eigenvalue weighted by Crippen LogP contribution is 2.23. The zero-order valence-corrected chi connectivity index (χ0v) is 8.69. The minimum atomic E-state index is -5.28. The van der Waals surface area contributed by atoms with Crippen molar-refractivity contribution in [2.45, 2.75) is 31.6 Å². The lowest BCUT2D eigenvalue weighted by atomic mass is 10.2. The van der Waals surface area contributed by atoms with Gasteiger partial charge >= 0.3 is 11.2 Å². The molecule has 0 atom stereocenters. The number of hydrogen-bond acceptors (Lipinski definition) is 4. The lowest BCUT2D eigenvalue weighted by Gasteiger charge is -2.22. The molecule has 0 aliphatic rings. The molecule has 0 unspecified atom stereocenters. The fourth-order valence-corrected chi connectivity index (χ4v) is 0.728. The normalized spacial score (nSPS) is 13.9. The van der Waals surface area contributed by atoms with Crippen molar-refractivity contribution in [2.75, 3.05) is 0 Å². The van der Waals surface area contributed by atoms with Gasteiger partial charge in [-0.2, -0.15) is 8.78 Å². The van der Waals surface area contributed by atoms with Gasteiger partial charge in [-0.05, 0) is 20.8 Å². The quantitative estimate of drug-likeness (QED) is 0.688. The minimum absolute atomic E-state index is 1.20. The fourth-order valence-electron chi connectivity index (χ4n) is 0.454. The molecular weight excluding hydrogens is 220 g/mol. The summed E-state index contributed by atoms with van der Waals surface area (Å²) in [5.74, 6) is -2.17. The van der Waals surface area contributed by atoms with Gasteiger partial charge in [-0.3, -0.25) is 0 Å². The highest BCUT2D eigenvalue weighted by atomic mass is 32.2. The highest BCUT2D eigenvalue weighted by Gasteiger charge is 2.53. The summed E-state index contributed by atoms with van der Waals surface area (Å²) in [6.07, 6.45) is 0. The topological polar surface area (TPSA) is 86.5 Å². The van der Waals surface area contributed by atoms with Crippen LogP contribution in [0.15, 0.2) is 0 Å². The number of esters is 1. The number of alkyl halides is 2. The first kappa shape index (κ1) is 13.2. The molecule has 0 bridgehead atoms. The molecule has 2 N–H and O–H groups in total. The van der Waals surface area contributed by atoms with Crippen LogP contribution in [0, 0.1) is 0 Å². The number of carbonyl (C=O) groups excluding carboxylic acids is 1. The zero-order chi connectivity index (χ0) is 11.8. The summed E-state index contributed by atoms with van der Waals surface area (Å²) >= 11 is 0. The second kappa shape index (κ2) is 3.43. The van der Waals surface area contributed by atoms with E-state index in [0.29, 0.717) is 0 Å². The Morgan fingerprint density at radius 2 is 1.64 bits per heavy atom. The number of rotatable bonds is 2. The SMILES string of the molecule is CC(C)(C)OC(=O)C(F)(F)S(N)(=O)=O. The summed E-state index contributed by atoms with van der Waals surface area (Å²) in [5, 5.41) is -0.554. The molecule has 0 aromatic rings. The number of ether oxygens (including phenoxy) is 1. The minimum Gasteiger partial charge on any atom is -0.455 e. The standard InChI is InChI=1S/C6H11F2NO4S/c1-5(2,3)13-4(10)6(7,8)14(9,11)12/h1-3H3,(H2,9,11,12). The molecule has 0 aliphatic carbocycles. The maximum Gasteiger partial charge on any atom is 0.454 e. The van der Waals surface area contributed by atoms with Gasteiger partial charge in [0.2, 0.25) is 0 Å². The first-order valence-electron chi connectivity index (χ1n) is 3.51. The Bertz CT molecular complexity index is 330. The molecule has 14 heavy (non-hydrogen) atoms. The average molecular weight is 231 g/mol. The molecule has 0 radical (unpaired) electrons. The molecule has 0 aromatic carbocycles. The molecule has 0 saturated carbocycles. The van der Waals surface area contributed by atoms with Crippen LogP contribution in [0.25, 0.3) is 0 Å². The fraction of sp³-hybridized carbons (Fsp3) is 0.833. The molecule has 0 aliphatic heterocycles. The van der Waals surface area contributed by atoms with E-state index in [1.807, 2.05) is 0 Å². The van der Waals surface area contributed by atoms with Gasteiger partial charge in [0.1, 0.15) is 5.60 Å². The van der Waals surface area contributed by atoms with Crippen molar-refractivity contribution in [1.29, 1.82) is 0 Å². The second-order valence-corrected chi connectivity index (χ2v) is 5.17. The molecule has 0 fully saturated rings. The van der Waals surface area contributed by atoms with Crippen molar-refractivity contribution in [1.82, 2.24) is 0 Å². The number of carbonyl (C=O) groups is 1. The Balaban J connectivity index is 4.89. The third-order valence-electron chi connectivity index (χ3n) is 0.994. The van der Waals surface area contributed by atoms with Gasteiger partial charge in [-0.15, -0.1) is 0 Å². The van der Waals surface area contributed by atoms with Gasteiger partial charge in [0.05, 0.1) is 0 Å². The molecule has 0 spiro atoms. The Hall–Kier alpha value is -0.760. The van der Waals surface area contributed by atoms with Crippen molar-refractivity contribution < 1.29 is 26.7 Å². The Kier molecular flexibility index (Phi) is 3.24. The van der Waals surface area contributed by atoms with Crippen molar-refractivity contribution in [3.8, 4) is 0 Å². The molecule has 5 nitrogen and oxygen atoms in total. The van der Waals surface area contributed by atoms with Crippen LogP contribution in [0.2, 0.25) is 0 Å². The van der Waals surface area contributed by atoms with Crippen LogP contribution in [0.5, 0.6) is 0 Å². The number of hydrogen-bond donors (Lipinski definition) is 1. The van der Waals surface area contributed by atoms with Crippen LogP contribution in [-0.2, 0) is 19.6 Å². The van der Waals surface area contributed by atoms with Crippen molar-refractivity contribution in [3.05, 3.63) is 0 Å². The molecule has 8 heteroatoms. The molecule has 84 valence electrons. The summed E-state index contributed by atoms with van der Waals surface area (Å²) in [5.41, 5.74) is -1.20. The summed E-state index contributed by atoms with van der Waals surface area (Å²) in [6.45, 7) is 3.97. The second-order valence-electron chi connectivity index (χ2n) is 3.56. The van der Waals surface area contributed by atoms with E-state index in [-0.39, 0.29) is 0 Å². The van der Waals surface area contributed by atoms with E-state index < -0.39 is 26.8 Å². The van der Waals surface area contributed by atoms with E-state index in [2.05, 4.69) is 9.88 Å². The first-order chi connectivity index (χ1) is 5.88. The van der Waals surface area contributed by atoms with Crippen LogP contribution in [-0.4, -0.2) is 25.2 Å². The smallest absolute Gasteiger partial charge is 0.454 e. The van der Waals surface area contributed by atoms with E-state index in [4.69, 9.17) is 0 Å². The highest BCUT2D eigenvalue weighted by molar-refractivity contribution is 7.91.